The number of carboxylic acids is 3. The third kappa shape index (κ3) is 11.9. The normalized spacial score (nSPS) is 13.9. The van der Waals surface area contributed by atoms with Gasteiger partial charge in [-0.15, -0.1) is 0 Å². The van der Waals surface area contributed by atoms with Crippen LogP contribution in [0.2, 0.25) is 0 Å². The van der Waals surface area contributed by atoms with Crippen LogP contribution in [0.4, 0.5) is 0 Å². The van der Waals surface area contributed by atoms with Crippen LogP contribution in [0.1, 0.15) is 32.1 Å². The van der Waals surface area contributed by atoms with E-state index in [1.165, 1.54) is 0 Å². The molecule has 0 aromatic rings. The van der Waals surface area contributed by atoms with Crippen LogP contribution in [0.3, 0.4) is 0 Å². The van der Waals surface area contributed by atoms with E-state index in [1.54, 1.807) is 0 Å². The predicted octanol–water partition coefficient (Wildman–Crippen LogP) is -5.06. The summed E-state index contributed by atoms with van der Waals surface area (Å²) >= 11 is 0. The second kappa shape index (κ2) is 14.0. The molecule has 0 saturated carbocycles. The summed E-state index contributed by atoms with van der Waals surface area (Å²) < 4.78 is 0. The van der Waals surface area contributed by atoms with Gasteiger partial charge in [-0.05, 0) is 6.42 Å². The zero-order chi connectivity index (χ0) is 26.6. The highest BCUT2D eigenvalue weighted by Gasteiger charge is 2.32. The minimum absolute atomic E-state index is 0.307. The molecule has 17 nitrogen and oxygen atoms in total. The van der Waals surface area contributed by atoms with Crippen molar-refractivity contribution in [2.45, 2.75) is 56.3 Å². The molecule has 0 spiro atoms. The molecule has 0 aromatic carbocycles. The lowest BCUT2D eigenvalue weighted by atomic mass is 10.1. The molecule has 0 rings (SSSR count). The second-order valence-electron chi connectivity index (χ2n) is 7.00. The largest absolute Gasteiger partial charge is 0.481 e. The van der Waals surface area contributed by atoms with E-state index in [0.717, 1.165) is 0 Å². The van der Waals surface area contributed by atoms with E-state index < -0.39 is 97.3 Å². The van der Waals surface area contributed by atoms with Gasteiger partial charge in [-0.25, -0.2) is 4.79 Å². The summed E-state index contributed by atoms with van der Waals surface area (Å²) in [4.78, 5) is 92.2. The number of hydrogen-bond donors (Lipinski definition) is 9. The molecule has 0 heterocycles. The van der Waals surface area contributed by atoms with Crippen LogP contribution in [0, 0.1) is 0 Å². The van der Waals surface area contributed by atoms with E-state index in [0.29, 0.717) is 0 Å². The zero-order valence-corrected chi connectivity index (χ0v) is 17.7. The molecule has 0 aromatic heterocycles. The van der Waals surface area contributed by atoms with Gasteiger partial charge in [0, 0.05) is 6.42 Å². The number of nitrogens with one attached hydrogen (secondary N) is 3. The molecule has 4 atom stereocenters. The van der Waals surface area contributed by atoms with Crippen molar-refractivity contribution in [3.8, 4) is 0 Å². The van der Waals surface area contributed by atoms with E-state index in [9.17, 15) is 38.4 Å². The summed E-state index contributed by atoms with van der Waals surface area (Å²) in [6.07, 6.45) is -3.44. The maximum absolute atomic E-state index is 12.6. The molecule has 12 N–H and O–H groups in total. The van der Waals surface area contributed by atoms with Crippen LogP contribution >= 0.6 is 0 Å². The van der Waals surface area contributed by atoms with E-state index in [2.05, 4.69) is 5.32 Å². The average Bonchev–Trinajstić information content (AvgIpc) is 2.68. The van der Waals surface area contributed by atoms with E-state index in [4.69, 9.17) is 32.5 Å². The summed E-state index contributed by atoms with van der Waals surface area (Å²) in [6, 6.07) is -6.81. The van der Waals surface area contributed by atoms with Gasteiger partial charge in [0.05, 0.1) is 25.3 Å². The SMILES string of the molecule is NC(=O)CC(NC(=O)C(N)CCC(=O)O)C(=O)NC(CC(N)=O)C(=O)NC(CC(=O)O)C(=O)O. The van der Waals surface area contributed by atoms with Gasteiger partial charge in [0.15, 0.2) is 0 Å². The van der Waals surface area contributed by atoms with Crippen molar-refractivity contribution in [2.24, 2.45) is 17.2 Å². The number of amides is 5. The molecular weight excluding hydrogens is 464 g/mol. The third-order valence-corrected chi connectivity index (χ3v) is 4.08. The Kier molecular flexibility index (Phi) is 12.2. The molecule has 0 fully saturated rings. The zero-order valence-electron chi connectivity index (χ0n) is 17.7. The highest BCUT2D eigenvalue weighted by atomic mass is 16.4. The number of carbonyl (C=O) groups excluding carboxylic acids is 5. The fourth-order valence-corrected chi connectivity index (χ4v) is 2.43. The third-order valence-electron chi connectivity index (χ3n) is 4.08. The number of primary amides is 2. The summed E-state index contributed by atoms with van der Waals surface area (Å²) in [5.74, 6) is -10.2. The predicted molar refractivity (Wildman–Crippen MR) is 108 cm³/mol. The lowest BCUT2D eigenvalue weighted by Gasteiger charge is -2.24. The molecule has 0 saturated heterocycles. The number of aliphatic carboxylic acids is 3. The van der Waals surface area contributed by atoms with Crippen molar-refractivity contribution >= 4 is 47.4 Å². The Morgan fingerprint density at radius 2 is 1.03 bits per heavy atom. The van der Waals surface area contributed by atoms with Crippen LogP contribution in [-0.4, -0.2) is 86.9 Å². The number of carbonyl (C=O) groups is 8. The van der Waals surface area contributed by atoms with Crippen molar-refractivity contribution in [2.75, 3.05) is 0 Å². The van der Waals surface area contributed by atoms with Gasteiger partial charge >= 0.3 is 17.9 Å². The van der Waals surface area contributed by atoms with Crippen LogP contribution in [0.5, 0.6) is 0 Å². The van der Waals surface area contributed by atoms with Gasteiger partial charge in [-0.2, -0.15) is 0 Å². The van der Waals surface area contributed by atoms with Crippen molar-refractivity contribution in [3.63, 3.8) is 0 Å². The van der Waals surface area contributed by atoms with Crippen LogP contribution in [-0.2, 0) is 38.4 Å². The summed E-state index contributed by atoms with van der Waals surface area (Å²) in [6.45, 7) is 0. The van der Waals surface area contributed by atoms with Crippen molar-refractivity contribution in [1.82, 2.24) is 16.0 Å². The number of rotatable bonds is 16. The molecule has 0 radical (unpaired) electrons. The monoisotopic (exact) mass is 490 g/mol. The lowest BCUT2D eigenvalue weighted by molar-refractivity contribution is -0.147. The molecular formula is C17H26N6O11. The van der Waals surface area contributed by atoms with Crippen molar-refractivity contribution in [1.29, 1.82) is 0 Å². The number of hydrogen-bond acceptors (Lipinski definition) is 9. The van der Waals surface area contributed by atoms with Gasteiger partial charge in [-0.3, -0.25) is 33.6 Å². The first-order valence-electron chi connectivity index (χ1n) is 9.53. The maximum Gasteiger partial charge on any atom is 0.326 e. The average molecular weight is 490 g/mol. The summed E-state index contributed by atoms with van der Waals surface area (Å²) in [7, 11) is 0. The Morgan fingerprint density at radius 1 is 0.618 bits per heavy atom. The molecule has 5 amide bonds. The van der Waals surface area contributed by atoms with Gasteiger partial charge in [-0.1, -0.05) is 0 Å². The first kappa shape index (κ1) is 29.7. The van der Waals surface area contributed by atoms with E-state index in [1.807, 2.05) is 10.6 Å². The number of nitrogens with two attached hydrogens (primary N) is 3. The van der Waals surface area contributed by atoms with Crippen LogP contribution in [0.15, 0.2) is 0 Å². The molecule has 0 aliphatic carbocycles. The van der Waals surface area contributed by atoms with E-state index in [-0.39, 0.29) is 6.42 Å². The van der Waals surface area contributed by atoms with Gasteiger partial charge in [0.2, 0.25) is 29.5 Å². The molecule has 34 heavy (non-hydrogen) atoms. The van der Waals surface area contributed by atoms with Crippen LogP contribution < -0.4 is 33.2 Å². The molecule has 0 bridgehead atoms. The second-order valence-corrected chi connectivity index (χ2v) is 7.00. The van der Waals surface area contributed by atoms with E-state index >= 15 is 0 Å². The first-order chi connectivity index (χ1) is 15.6. The highest BCUT2D eigenvalue weighted by Crippen LogP contribution is 2.02. The smallest absolute Gasteiger partial charge is 0.326 e. The lowest BCUT2D eigenvalue weighted by Crippen LogP contribution is -2.58. The van der Waals surface area contributed by atoms with Crippen molar-refractivity contribution < 1.29 is 53.7 Å². The molecule has 0 aliphatic rings. The Labute approximate surface area is 191 Å². The Hall–Kier alpha value is -4.28. The number of carboxylic acid groups (broad SMARTS) is 3. The van der Waals surface area contributed by atoms with Gasteiger partial charge in [0.1, 0.15) is 18.1 Å². The Bertz CT molecular complexity index is 846. The fourth-order valence-electron chi connectivity index (χ4n) is 2.43. The topological polar surface area (TPSA) is 311 Å². The first-order valence-corrected chi connectivity index (χ1v) is 9.53. The summed E-state index contributed by atoms with van der Waals surface area (Å²) in [5.41, 5.74) is 15.6. The quantitative estimate of drug-likeness (QED) is 0.0981. The molecule has 17 heteroatoms. The fraction of sp³-hybridized carbons (Fsp3) is 0.529. The molecule has 4 unspecified atom stereocenters. The minimum atomic E-state index is -1.91. The summed E-state index contributed by atoms with van der Waals surface area (Å²) in [5, 5.41) is 32.3. The maximum atomic E-state index is 12.6. The molecule has 0 aliphatic heterocycles. The Balaban J connectivity index is 5.54. The Morgan fingerprint density at radius 3 is 1.38 bits per heavy atom. The minimum Gasteiger partial charge on any atom is -0.481 e. The van der Waals surface area contributed by atoms with Gasteiger partial charge < -0.3 is 48.5 Å². The van der Waals surface area contributed by atoms with Crippen LogP contribution in [0.25, 0.3) is 0 Å². The highest BCUT2D eigenvalue weighted by molar-refractivity contribution is 5.98. The molecule has 190 valence electrons. The van der Waals surface area contributed by atoms with Crippen molar-refractivity contribution in [3.05, 3.63) is 0 Å². The standard InChI is InChI=1S/C17H26N6O11/c18-6(1-2-12(26)27)14(30)21-7(3-10(19)24)15(31)22-8(4-11(20)25)16(32)23-9(17(33)34)5-13(28)29/h6-9H,1-5,18H2,(H2,19,24)(H2,20,25)(H,21,30)(H,22,31)(H,23,32)(H,26,27)(H,28,29)(H,33,34). The van der Waals surface area contributed by atoms with Gasteiger partial charge in [0.25, 0.3) is 0 Å².